The molecule has 1 atom stereocenters. The smallest absolute Gasteiger partial charge is 0.146 e. The van der Waals surface area contributed by atoms with E-state index >= 15 is 0 Å². The molecule has 4 nitrogen and oxygen atoms in total. The number of hydrogen-bond acceptors (Lipinski definition) is 5. The molecular weight excluding hydrogens is 232 g/mol. The van der Waals surface area contributed by atoms with Crippen molar-refractivity contribution in [3.05, 3.63) is 46.7 Å². The van der Waals surface area contributed by atoms with Crippen LogP contribution in [0.4, 0.5) is 0 Å². The van der Waals surface area contributed by atoms with E-state index in [4.69, 9.17) is 11.5 Å². The summed E-state index contributed by atoms with van der Waals surface area (Å²) in [5, 5.41) is 0.967. The molecule has 0 radical (unpaired) electrons. The van der Waals surface area contributed by atoms with Crippen LogP contribution in [0.15, 0.2) is 30.3 Å². The molecule has 1 aromatic heterocycles. The fourth-order valence-electron chi connectivity index (χ4n) is 1.53. The third-order valence-corrected chi connectivity index (χ3v) is 3.23. The Bertz CT molecular complexity index is 455. The van der Waals surface area contributed by atoms with E-state index in [1.807, 2.05) is 18.2 Å². The van der Waals surface area contributed by atoms with E-state index in [1.165, 1.54) is 17.1 Å². The molecule has 2 rings (SSSR count). The largest absolute Gasteiger partial charge is 0.329 e. The van der Waals surface area contributed by atoms with Gasteiger partial charge in [0.25, 0.3) is 0 Å². The molecule has 0 spiro atoms. The molecule has 0 aliphatic heterocycles. The van der Waals surface area contributed by atoms with Crippen molar-refractivity contribution in [2.75, 3.05) is 6.54 Å². The maximum absolute atomic E-state index is 5.78. The molecule has 5 heteroatoms. The van der Waals surface area contributed by atoms with Crippen molar-refractivity contribution in [3.63, 3.8) is 0 Å². The van der Waals surface area contributed by atoms with Crippen molar-refractivity contribution < 1.29 is 0 Å². The molecule has 90 valence electrons. The van der Waals surface area contributed by atoms with E-state index in [2.05, 4.69) is 21.5 Å². The van der Waals surface area contributed by atoms with Gasteiger partial charge in [-0.3, -0.25) is 0 Å². The summed E-state index contributed by atoms with van der Waals surface area (Å²) in [5.41, 5.74) is 12.5. The zero-order chi connectivity index (χ0) is 12.1. The van der Waals surface area contributed by atoms with E-state index in [9.17, 15) is 0 Å². The second-order valence-electron chi connectivity index (χ2n) is 3.97. The zero-order valence-electron chi connectivity index (χ0n) is 9.54. The second kappa shape index (κ2) is 5.86. The van der Waals surface area contributed by atoms with Gasteiger partial charge >= 0.3 is 0 Å². The molecule has 1 unspecified atom stereocenters. The summed E-state index contributed by atoms with van der Waals surface area (Å²) < 4.78 is 4.33. The molecule has 1 aromatic carbocycles. The maximum atomic E-state index is 5.78. The summed E-state index contributed by atoms with van der Waals surface area (Å²) in [4.78, 5) is 4.47. The number of nitrogens with two attached hydrogens (primary N) is 2. The van der Waals surface area contributed by atoms with Crippen LogP contribution in [0.3, 0.4) is 0 Å². The number of hydrogen-bond donors (Lipinski definition) is 2. The summed E-state index contributed by atoms with van der Waals surface area (Å²) in [5.74, 6) is 0.862. The lowest BCUT2D eigenvalue weighted by molar-refractivity contribution is 0.674. The van der Waals surface area contributed by atoms with Gasteiger partial charge in [-0.2, -0.15) is 4.37 Å². The highest BCUT2D eigenvalue weighted by atomic mass is 32.1. The van der Waals surface area contributed by atoms with Crippen molar-refractivity contribution in [2.45, 2.75) is 18.9 Å². The molecule has 0 aliphatic carbocycles. The third-order valence-electron chi connectivity index (χ3n) is 2.45. The average Bonchev–Trinajstić information content (AvgIpc) is 2.77. The third kappa shape index (κ3) is 3.59. The molecule has 4 N–H and O–H groups in total. The van der Waals surface area contributed by atoms with Gasteiger partial charge in [-0.25, -0.2) is 4.98 Å². The Balaban J connectivity index is 1.99. The minimum atomic E-state index is -0.0208. The fourth-order valence-corrected chi connectivity index (χ4v) is 2.28. The molecular formula is C12H16N4S. The van der Waals surface area contributed by atoms with Crippen LogP contribution < -0.4 is 11.5 Å². The van der Waals surface area contributed by atoms with Crippen molar-refractivity contribution >= 4 is 11.5 Å². The molecule has 0 fully saturated rings. The lowest BCUT2D eigenvalue weighted by Gasteiger charge is -2.03. The number of benzene rings is 1. The van der Waals surface area contributed by atoms with Gasteiger partial charge in [-0.05, 0) is 17.1 Å². The first kappa shape index (κ1) is 12.2. The standard InChI is InChI=1S/C12H16N4S/c13-8-10(14)7-12-15-11(16-17-12)6-9-4-2-1-3-5-9/h1-5,10H,6-8,13-14H2. The lowest BCUT2D eigenvalue weighted by atomic mass is 10.1. The predicted octanol–water partition coefficient (Wildman–Crippen LogP) is 0.957. The fraction of sp³-hybridized carbons (Fsp3) is 0.333. The number of aromatic nitrogens is 2. The van der Waals surface area contributed by atoms with Crippen molar-refractivity contribution in [1.82, 2.24) is 9.36 Å². The monoisotopic (exact) mass is 248 g/mol. The Kier molecular flexibility index (Phi) is 4.19. The first-order chi connectivity index (χ1) is 8.28. The molecule has 1 heterocycles. The van der Waals surface area contributed by atoms with Crippen LogP contribution in [0.2, 0.25) is 0 Å². The van der Waals surface area contributed by atoms with E-state index in [0.717, 1.165) is 17.3 Å². The van der Waals surface area contributed by atoms with Crippen LogP contribution in [0.1, 0.15) is 16.4 Å². The Morgan fingerprint density at radius 2 is 2.00 bits per heavy atom. The quantitative estimate of drug-likeness (QED) is 0.826. The SMILES string of the molecule is NCC(N)Cc1nc(Cc2ccccc2)ns1. The van der Waals surface area contributed by atoms with Gasteiger partial charge in [0.05, 0.1) is 0 Å². The van der Waals surface area contributed by atoms with Crippen LogP contribution >= 0.6 is 11.5 Å². The van der Waals surface area contributed by atoms with Gasteiger partial charge in [0.15, 0.2) is 0 Å². The van der Waals surface area contributed by atoms with Crippen LogP contribution in [-0.2, 0) is 12.8 Å². The lowest BCUT2D eigenvalue weighted by Crippen LogP contribution is -2.31. The highest BCUT2D eigenvalue weighted by molar-refractivity contribution is 7.05. The van der Waals surface area contributed by atoms with E-state index in [1.54, 1.807) is 0 Å². The highest BCUT2D eigenvalue weighted by Crippen LogP contribution is 2.11. The van der Waals surface area contributed by atoms with E-state index < -0.39 is 0 Å². The van der Waals surface area contributed by atoms with Gasteiger partial charge in [-0.1, -0.05) is 30.3 Å². The molecule has 17 heavy (non-hydrogen) atoms. The van der Waals surface area contributed by atoms with Crippen molar-refractivity contribution in [2.24, 2.45) is 11.5 Å². The van der Waals surface area contributed by atoms with Crippen LogP contribution in [0.5, 0.6) is 0 Å². The molecule has 0 bridgehead atoms. The summed E-state index contributed by atoms with van der Waals surface area (Å²) in [6, 6.07) is 10.2. The average molecular weight is 248 g/mol. The minimum Gasteiger partial charge on any atom is -0.329 e. The second-order valence-corrected chi connectivity index (χ2v) is 4.80. The summed E-state index contributed by atoms with van der Waals surface area (Å²) in [6.45, 7) is 0.480. The Morgan fingerprint density at radius 1 is 1.24 bits per heavy atom. The number of rotatable bonds is 5. The zero-order valence-corrected chi connectivity index (χ0v) is 10.4. The highest BCUT2D eigenvalue weighted by Gasteiger charge is 2.08. The molecule has 2 aromatic rings. The van der Waals surface area contributed by atoms with Crippen LogP contribution in [0.25, 0.3) is 0 Å². The number of nitrogens with zero attached hydrogens (tertiary/aromatic N) is 2. The van der Waals surface area contributed by atoms with E-state index in [0.29, 0.717) is 13.0 Å². The maximum Gasteiger partial charge on any atom is 0.146 e. The van der Waals surface area contributed by atoms with Gasteiger partial charge < -0.3 is 11.5 Å². The summed E-state index contributed by atoms with van der Waals surface area (Å²) >= 11 is 1.42. The topological polar surface area (TPSA) is 77.8 Å². The summed E-state index contributed by atoms with van der Waals surface area (Å²) in [6.07, 6.45) is 1.48. The Labute approximate surface area is 105 Å². The normalized spacial score (nSPS) is 12.6. The molecule has 0 amide bonds. The van der Waals surface area contributed by atoms with Gasteiger partial charge in [-0.15, -0.1) is 0 Å². The summed E-state index contributed by atoms with van der Waals surface area (Å²) in [7, 11) is 0. The molecule has 0 saturated heterocycles. The predicted molar refractivity (Wildman–Crippen MR) is 69.9 cm³/mol. The van der Waals surface area contributed by atoms with E-state index in [-0.39, 0.29) is 6.04 Å². The Hall–Kier alpha value is -1.30. The molecule has 0 aliphatic rings. The molecule has 0 saturated carbocycles. The van der Waals surface area contributed by atoms with Gasteiger partial charge in [0, 0.05) is 25.4 Å². The van der Waals surface area contributed by atoms with Crippen molar-refractivity contribution in [3.8, 4) is 0 Å². The van der Waals surface area contributed by atoms with Gasteiger partial charge in [0.2, 0.25) is 0 Å². The van der Waals surface area contributed by atoms with Crippen LogP contribution in [0, 0.1) is 0 Å². The first-order valence-electron chi connectivity index (χ1n) is 5.59. The van der Waals surface area contributed by atoms with Crippen LogP contribution in [-0.4, -0.2) is 21.9 Å². The minimum absolute atomic E-state index is 0.0208. The van der Waals surface area contributed by atoms with Crippen molar-refractivity contribution in [1.29, 1.82) is 0 Å². The first-order valence-corrected chi connectivity index (χ1v) is 6.36. The van der Waals surface area contributed by atoms with Gasteiger partial charge in [0.1, 0.15) is 10.8 Å². The Morgan fingerprint density at radius 3 is 2.71 bits per heavy atom.